The lowest BCUT2D eigenvalue weighted by Crippen LogP contribution is -2.30. The average Bonchev–Trinajstić information content (AvgIpc) is 2.75. The molecule has 1 atom stereocenters. The van der Waals surface area contributed by atoms with Gasteiger partial charge in [0, 0.05) is 11.4 Å². The van der Waals surface area contributed by atoms with Gasteiger partial charge >= 0.3 is 0 Å². The zero-order chi connectivity index (χ0) is 11.0. The third-order valence-electron chi connectivity index (χ3n) is 3.32. The molecule has 82 valence electrons. The summed E-state index contributed by atoms with van der Waals surface area (Å²) in [6.07, 6.45) is 1.15. The minimum atomic E-state index is 0.399. The van der Waals surface area contributed by atoms with Crippen LogP contribution in [-0.4, -0.2) is 6.54 Å². The largest absolute Gasteiger partial charge is 0.306 e. The zero-order valence-electron chi connectivity index (χ0n) is 9.36. The van der Waals surface area contributed by atoms with E-state index in [1.807, 2.05) is 11.3 Å². The summed E-state index contributed by atoms with van der Waals surface area (Å²) < 4.78 is 0. The summed E-state index contributed by atoms with van der Waals surface area (Å²) in [5.74, 6) is 0. The Morgan fingerprint density at radius 3 is 2.88 bits per heavy atom. The number of rotatable bonds is 1. The summed E-state index contributed by atoms with van der Waals surface area (Å²) in [7, 11) is 0. The van der Waals surface area contributed by atoms with E-state index in [4.69, 9.17) is 0 Å². The molecule has 1 nitrogen and oxygen atoms in total. The fourth-order valence-electron chi connectivity index (χ4n) is 2.48. The number of benzene rings is 1. The zero-order valence-corrected chi connectivity index (χ0v) is 10.2. The van der Waals surface area contributed by atoms with E-state index in [0.717, 1.165) is 13.0 Å². The third-order valence-corrected chi connectivity index (χ3v) is 4.18. The maximum absolute atomic E-state index is 3.63. The predicted molar refractivity (Wildman–Crippen MR) is 69.0 cm³/mol. The maximum atomic E-state index is 3.63. The molecule has 1 aliphatic heterocycles. The van der Waals surface area contributed by atoms with Crippen LogP contribution in [0.2, 0.25) is 0 Å². The van der Waals surface area contributed by atoms with Gasteiger partial charge in [-0.25, -0.2) is 0 Å². The van der Waals surface area contributed by atoms with Crippen LogP contribution in [0.3, 0.4) is 0 Å². The molecule has 0 fully saturated rings. The lowest BCUT2D eigenvalue weighted by Gasteiger charge is -2.27. The Bertz CT molecular complexity index is 501. The van der Waals surface area contributed by atoms with Crippen molar-refractivity contribution in [3.63, 3.8) is 0 Å². The van der Waals surface area contributed by atoms with Gasteiger partial charge in [0.05, 0.1) is 6.04 Å². The summed E-state index contributed by atoms with van der Waals surface area (Å²) in [6, 6.07) is 11.4. The van der Waals surface area contributed by atoms with Crippen LogP contribution in [0.15, 0.2) is 35.7 Å². The van der Waals surface area contributed by atoms with E-state index >= 15 is 0 Å². The molecule has 2 heterocycles. The Labute approximate surface area is 100 Å². The number of nitrogens with one attached hydrogen (secondary N) is 1. The van der Waals surface area contributed by atoms with Gasteiger partial charge in [0.2, 0.25) is 0 Å². The van der Waals surface area contributed by atoms with Crippen molar-refractivity contribution in [2.24, 2.45) is 0 Å². The van der Waals surface area contributed by atoms with Crippen LogP contribution in [-0.2, 0) is 6.42 Å². The molecule has 0 unspecified atom stereocenters. The molecule has 1 N–H and O–H groups in total. The van der Waals surface area contributed by atoms with E-state index in [0.29, 0.717) is 6.04 Å². The molecule has 0 bridgehead atoms. The molecule has 0 spiro atoms. The Hall–Kier alpha value is -1.12. The van der Waals surface area contributed by atoms with Gasteiger partial charge in [-0.3, -0.25) is 0 Å². The molecule has 16 heavy (non-hydrogen) atoms. The fraction of sp³-hybridized carbons (Fsp3) is 0.286. The standard InChI is InChI=1S/C14H15NS/c1-10-12(7-9-16-10)14-13-5-3-2-4-11(13)6-8-15-14/h2-5,7,9,14-15H,6,8H2,1H3/t14-/m0/s1. The lowest BCUT2D eigenvalue weighted by atomic mass is 9.90. The molecule has 0 amide bonds. The van der Waals surface area contributed by atoms with Crippen LogP contribution in [0, 0.1) is 6.92 Å². The smallest absolute Gasteiger partial charge is 0.0590 e. The van der Waals surface area contributed by atoms with Crippen LogP contribution in [0.25, 0.3) is 0 Å². The molecule has 0 aliphatic carbocycles. The second-order valence-corrected chi connectivity index (χ2v) is 5.39. The van der Waals surface area contributed by atoms with E-state index < -0.39 is 0 Å². The van der Waals surface area contributed by atoms with Gasteiger partial charge in [0.15, 0.2) is 0 Å². The second kappa shape index (κ2) is 4.04. The van der Waals surface area contributed by atoms with Crippen molar-refractivity contribution in [1.82, 2.24) is 5.32 Å². The number of hydrogen-bond acceptors (Lipinski definition) is 2. The lowest BCUT2D eigenvalue weighted by molar-refractivity contribution is 0.567. The first-order chi connectivity index (χ1) is 7.86. The molecule has 0 saturated carbocycles. The van der Waals surface area contributed by atoms with E-state index in [1.54, 1.807) is 0 Å². The molecule has 1 aromatic heterocycles. The summed E-state index contributed by atoms with van der Waals surface area (Å²) in [5.41, 5.74) is 4.39. The van der Waals surface area contributed by atoms with E-state index in [-0.39, 0.29) is 0 Å². The molecular formula is C14H15NS. The minimum Gasteiger partial charge on any atom is -0.306 e. The highest BCUT2D eigenvalue weighted by molar-refractivity contribution is 7.10. The van der Waals surface area contributed by atoms with E-state index in [2.05, 4.69) is 48.0 Å². The van der Waals surface area contributed by atoms with Crippen molar-refractivity contribution in [3.8, 4) is 0 Å². The van der Waals surface area contributed by atoms with Gasteiger partial charge < -0.3 is 5.32 Å². The van der Waals surface area contributed by atoms with Crippen LogP contribution in [0.4, 0.5) is 0 Å². The van der Waals surface area contributed by atoms with Gasteiger partial charge in [-0.05, 0) is 41.5 Å². The van der Waals surface area contributed by atoms with Crippen LogP contribution in [0.1, 0.15) is 27.6 Å². The normalized spacial score (nSPS) is 19.4. The van der Waals surface area contributed by atoms with Gasteiger partial charge in [-0.1, -0.05) is 24.3 Å². The summed E-state index contributed by atoms with van der Waals surface area (Å²) >= 11 is 1.83. The Balaban J connectivity index is 2.08. The minimum absolute atomic E-state index is 0.399. The van der Waals surface area contributed by atoms with Crippen LogP contribution < -0.4 is 5.32 Å². The summed E-state index contributed by atoms with van der Waals surface area (Å²) in [5, 5.41) is 5.81. The molecule has 2 aromatic rings. The molecule has 3 rings (SSSR count). The van der Waals surface area contributed by atoms with Crippen molar-refractivity contribution < 1.29 is 0 Å². The molecular weight excluding hydrogens is 214 g/mol. The Morgan fingerprint density at radius 1 is 1.19 bits per heavy atom. The quantitative estimate of drug-likeness (QED) is 0.791. The highest BCUT2D eigenvalue weighted by Crippen LogP contribution is 2.32. The van der Waals surface area contributed by atoms with Crippen molar-refractivity contribution in [2.45, 2.75) is 19.4 Å². The van der Waals surface area contributed by atoms with Crippen molar-refractivity contribution in [3.05, 3.63) is 57.3 Å². The second-order valence-electron chi connectivity index (χ2n) is 4.27. The highest BCUT2D eigenvalue weighted by atomic mass is 32.1. The first-order valence-corrected chi connectivity index (χ1v) is 6.59. The monoisotopic (exact) mass is 229 g/mol. The van der Waals surface area contributed by atoms with Gasteiger partial charge in [0.25, 0.3) is 0 Å². The van der Waals surface area contributed by atoms with Crippen molar-refractivity contribution >= 4 is 11.3 Å². The van der Waals surface area contributed by atoms with E-state index in [9.17, 15) is 0 Å². The summed E-state index contributed by atoms with van der Waals surface area (Å²) in [4.78, 5) is 1.43. The molecule has 2 heteroatoms. The van der Waals surface area contributed by atoms with Gasteiger partial charge in [-0.2, -0.15) is 0 Å². The molecule has 1 aromatic carbocycles. The molecule has 1 aliphatic rings. The SMILES string of the molecule is Cc1sccc1[C@@H]1NCCc2ccccc21. The number of hydrogen-bond donors (Lipinski definition) is 1. The number of aryl methyl sites for hydroxylation is 1. The van der Waals surface area contributed by atoms with Crippen molar-refractivity contribution in [1.29, 1.82) is 0 Å². The average molecular weight is 229 g/mol. The topological polar surface area (TPSA) is 12.0 Å². The predicted octanol–water partition coefficient (Wildman–Crippen LogP) is 3.29. The van der Waals surface area contributed by atoms with Gasteiger partial charge in [0.1, 0.15) is 0 Å². The Morgan fingerprint density at radius 2 is 2.06 bits per heavy atom. The fourth-order valence-corrected chi connectivity index (χ4v) is 3.22. The van der Waals surface area contributed by atoms with Crippen LogP contribution >= 0.6 is 11.3 Å². The van der Waals surface area contributed by atoms with Crippen molar-refractivity contribution in [2.75, 3.05) is 6.54 Å². The van der Waals surface area contributed by atoms with Gasteiger partial charge in [-0.15, -0.1) is 11.3 Å². The highest BCUT2D eigenvalue weighted by Gasteiger charge is 2.22. The maximum Gasteiger partial charge on any atom is 0.0590 e. The number of thiophene rings is 1. The summed E-state index contributed by atoms with van der Waals surface area (Å²) in [6.45, 7) is 3.29. The third kappa shape index (κ3) is 1.58. The first kappa shape index (κ1) is 10.1. The molecule has 0 saturated heterocycles. The van der Waals surface area contributed by atoms with Crippen LogP contribution in [0.5, 0.6) is 0 Å². The molecule has 0 radical (unpaired) electrons. The Kier molecular flexibility index (Phi) is 2.54. The number of fused-ring (bicyclic) bond motifs is 1. The first-order valence-electron chi connectivity index (χ1n) is 5.71. The van der Waals surface area contributed by atoms with E-state index in [1.165, 1.54) is 21.6 Å².